The molecule has 0 saturated carbocycles. The van der Waals surface area contributed by atoms with E-state index >= 15 is 0 Å². The fourth-order valence-corrected chi connectivity index (χ4v) is 5.92. The third kappa shape index (κ3) is 4.91. The Morgan fingerprint density at radius 1 is 1.06 bits per heavy atom. The van der Waals surface area contributed by atoms with E-state index in [0.717, 1.165) is 30.4 Å². The number of benzene rings is 2. The van der Waals surface area contributed by atoms with Gasteiger partial charge in [0.2, 0.25) is 10.0 Å². The van der Waals surface area contributed by atoms with Crippen LogP contribution >= 0.6 is 0 Å². The fourth-order valence-electron chi connectivity index (χ4n) is 4.03. The number of carbonyl (C=O) groups is 1. The summed E-state index contributed by atoms with van der Waals surface area (Å²) in [7, 11) is -2.38. The minimum Gasteiger partial charge on any atom is -0.495 e. The van der Waals surface area contributed by atoms with Crippen LogP contribution in [0.3, 0.4) is 0 Å². The van der Waals surface area contributed by atoms with E-state index in [1.165, 1.54) is 23.5 Å². The minimum absolute atomic E-state index is 0.00113. The fraction of sp³-hybridized carbons (Fsp3) is 0.280. The van der Waals surface area contributed by atoms with Crippen molar-refractivity contribution in [3.05, 3.63) is 72.4 Å². The van der Waals surface area contributed by atoms with Gasteiger partial charge >= 0.3 is 0 Å². The molecule has 1 aliphatic rings. The highest BCUT2D eigenvalue weighted by molar-refractivity contribution is 7.89. The van der Waals surface area contributed by atoms with Gasteiger partial charge in [-0.3, -0.25) is 4.79 Å². The number of aromatic nitrogens is 1. The van der Waals surface area contributed by atoms with Crippen molar-refractivity contribution in [2.24, 2.45) is 0 Å². The molecule has 1 amide bonds. The van der Waals surface area contributed by atoms with Gasteiger partial charge in [0.25, 0.3) is 5.91 Å². The second-order valence-corrected chi connectivity index (χ2v) is 9.94. The Morgan fingerprint density at radius 2 is 1.85 bits per heavy atom. The number of sulfonamides is 1. The van der Waals surface area contributed by atoms with Crippen LogP contribution in [-0.2, 0) is 10.0 Å². The van der Waals surface area contributed by atoms with Crippen LogP contribution in [0.2, 0.25) is 0 Å². The maximum absolute atomic E-state index is 13.4. The first-order chi connectivity index (χ1) is 15.9. The highest BCUT2D eigenvalue weighted by Gasteiger charge is 2.33. The maximum Gasteiger partial charge on any atom is 0.256 e. The van der Waals surface area contributed by atoms with Crippen molar-refractivity contribution in [1.29, 1.82) is 0 Å². The molecule has 1 unspecified atom stereocenters. The van der Waals surface area contributed by atoms with E-state index in [0.29, 0.717) is 12.4 Å². The molecule has 1 saturated heterocycles. The molecule has 4 rings (SSSR count). The third-order valence-corrected chi connectivity index (χ3v) is 7.90. The van der Waals surface area contributed by atoms with Gasteiger partial charge in [0.15, 0.2) is 0 Å². The molecular formula is C25H27N3O4S. The van der Waals surface area contributed by atoms with Crippen molar-refractivity contribution >= 4 is 21.7 Å². The van der Waals surface area contributed by atoms with Crippen LogP contribution in [0.4, 0.5) is 5.82 Å². The molecule has 0 spiro atoms. The summed E-state index contributed by atoms with van der Waals surface area (Å²) in [6.45, 7) is 2.37. The molecule has 1 atom stereocenters. The number of piperidine rings is 1. The zero-order valence-corrected chi connectivity index (χ0v) is 19.5. The first-order valence-corrected chi connectivity index (χ1v) is 12.4. The molecule has 2 aromatic carbocycles. The lowest BCUT2D eigenvalue weighted by molar-refractivity contribution is 0.102. The monoisotopic (exact) mass is 465 g/mol. The van der Waals surface area contributed by atoms with E-state index in [2.05, 4.69) is 10.3 Å². The van der Waals surface area contributed by atoms with Crippen LogP contribution in [-0.4, -0.2) is 43.3 Å². The summed E-state index contributed by atoms with van der Waals surface area (Å²) in [5.74, 6) is 0.153. The highest BCUT2D eigenvalue weighted by atomic mass is 32.2. The summed E-state index contributed by atoms with van der Waals surface area (Å²) in [6.07, 6.45) is 4.32. The van der Waals surface area contributed by atoms with Gasteiger partial charge in [-0.25, -0.2) is 13.4 Å². The molecule has 1 aromatic heterocycles. The van der Waals surface area contributed by atoms with E-state index in [9.17, 15) is 13.2 Å². The molecule has 0 aliphatic carbocycles. The second kappa shape index (κ2) is 9.72. The maximum atomic E-state index is 13.4. The number of carbonyl (C=O) groups excluding carboxylic acids is 1. The van der Waals surface area contributed by atoms with Crippen molar-refractivity contribution in [1.82, 2.24) is 9.29 Å². The summed E-state index contributed by atoms with van der Waals surface area (Å²) >= 11 is 0. The molecule has 7 nitrogen and oxygen atoms in total. The number of nitrogens with zero attached hydrogens (tertiary/aromatic N) is 2. The molecule has 3 aromatic rings. The third-order valence-electron chi connectivity index (χ3n) is 5.87. The van der Waals surface area contributed by atoms with E-state index in [1.54, 1.807) is 18.3 Å². The predicted molar refractivity (Wildman–Crippen MR) is 128 cm³/mol. The van der Waals surface area contributed by atoms with Gasteiger partial charge in [0, 0.05) is 29.9 Å². The zero-order valence-electron chi connectivity index (χ0n) is 18.7. The van der Waals surface area contributed by atoms with Crippen molar-refractivity contribution in [2.75, 3.05) is 19.0 Å². The Hall–Kier alpha value is -3.23. The molecule has 172 valence electrons. The van der Waals surface area contributed by atoms with Gasteiger partial charge in [0.1, 0.15) is 16.5 Å². The first kappa shape index (κ1) is 22.9. The molecule has 1 aliphatic heterocycles. The number of methoxy groups -OCH3 is 1. The lowest BCUT2D eigenvalue weighted by Gasteiger charge is -2.32. The van der Waals surface area contributed by atoms with Crippen molar-refractivity contribution in [2.45, 2.75) is 37.1 Å². The lowest BCUT2D eigenvalue weighted by Crippen LogP contribution is -2.42. The quantitative estimate of drug-likeness (QED) is 0.576. The average molecular weight is 466 g/mol. The molecule has 0 bridgehead atoms. The van der Waals surface area contributed by atoms with Crippen LogP contribution in [0.15, 0.2) is 71.8 Å². The van der Waals surface area contributed by atoms with Gasteiger partial charge in [-0.05, 0) is 55.7 Å². The Morgan fingerprint density at radius 3 is 2.52 bits per heavy atom. The summed E-state index contributed by atoms with van der Waals surface area (Å²) in [6, 6.07) is 17.7. The van der Waals surface area contributed by atoms with Crippen molar-refractivity contribution in [3.63, 3.8) is 0 Å². The number of rotatable bonds is 6. The molecule has 0 radical (unpaired) electrons. The molecule has 1 N–H and O–H groups in total. The van der Waals surface area contributed by atoms with E-state index in [-0.39, 0.29) is 22.3 Å². The van der Waals surface area contributed by atoms with Gasteiger partial charge in [-0.2, -0.15) is 4.31 Å². The smallest absolute Gasteiger partial charge is 0.256 e. The number of pyridine rings is 1. The Balaban J connectivity index is 1.57. The van der Waals surface area contributed by atoms with Gasteiger partial charge in [-0.1, -0.05) is 36.8 Å². The summed E-state index contributed by atoms with van der Waals surface area (Å²) in [5, 5.41) is 2.74. The number of ether oxygens (including phenoxy) is 1. The van der Waals surface area contributed by atoms with Crippen molar-refractivity contribution in [3.8, 4) is 16.9 Å². The van der Waals surface area contributed by atoms with Gasteiger partial charge in [-0.15, -0.1) is 0 Å². The van der Waals surface area contributed by atoms with Crippen LogP contribution < -0.4 is 10.1 Å². The topological polar surface area (TPSA) is 88.6 Å². The highest BCUT2D eigenvalue weighted by Crippen LogP contribution is 2.32. The van der Waals surface area contributed by atoms with Crippen LogP contribution in [0.1, 0.15) is 36.5 Å². The summed E-state index contributed by atoms with van der Waals surface area (Å²) < 4.78 is 33.6. The SMILES string of the molecule is COc1ccc(C(=O)Nc2ccc(-c3ccccc3)cn2)cc1S(=O)(=O)N1CCCCC1C. The number of hydrogen-bond acceptors (Lipinski definition) is 5. The molecule has 33 heavy (non-hydrogen) atoms. The van der Waals surface area contributed by atoms with E-state index < -0.39 is 15.9 Å². The molecular weight excluding hydrogens is 438 g/mol. The van der Waals surface area contributed by atoms with Crippen LogP contribution in [0, 0.1) is 0 Å². The normalized spacial score (nSPS) is 16.8. The largest absolute Gasteiger partial charge is 0.495 e. The lowest BCUT2D eigenvalue weighted by atomic mass is 10.1. The van der Waals surface area contributed by atoms with Gasteiger partial charge < -0.3 is 10.1 Å². The van der Waals surface area contributed by atoms with E-state index in [4.69, 9.17) is 4.74 Å². The van der Waals surface area contributed by atoms with Gasteiger partial charge in [0.05, 0.1) is 7.11 Å². The zero-order chi connectivity index (χ0) is 23.4. The summed E-state index contributed by atoms with van der Waals surface area (Å²) in [4.78, 5) is 17.2. The van der Waals surface area contributed by atoms with Crippen LogP contribution in [0.25, 0.3) is 11.1 Å². The average Bonchev–Trinajstić information content (AvgIpc) is 2.84. The van der Waals surface area contributed by atoms with E-state index in [1.807, 2.05) is 43.3 Å². The van der Waals surface area contributed by atoms with Crippen molar-refractivity contribution < 1.29 is 17.9 Å². The Labute approximate surface area is 194 Å². The molecule has 1 fully saturated rings. The minimum atomic E-state index is -3.81. The Kier molecular flexibility index (Phi) is 6.76. The first-order valence-electron chi connectivity index (χ1n) is 10.9. The number of amides is 1. The molecule has 2 heterocycles. The predicted octanol–water partition coefficient (Wildman–Crippen LogP) is 4.57. The standard InChI is InChI=1S/C25H27N3O4S/c1-18-8-6-7-15-28(18)33(30,31)23-16-20(11-13-22(23)32-2)25(29)27-24-14-12-21(17-26-24)19-9-4-3-5-10-19/h3-5,9-14,16-18H,6-8,15H2,1-2H3,(H,26,27,29). The number of nitrogens with one attached hydrogen (secondary N) is 1. The summed E-state index contributed by atoms with van der Waals surface area (Å²) in [5.41, 5.74) is 2.18. The molecule has 8 heteroatoms. The Bertz CT molecular complexity index is 1230. The van der Waals surface area contributed by atoms with Crippen LogP contribution in [0.5, 0.6) is 5.75 Å². The number of hydrogen-bond donors (Lipinski definition) is 1. The second-order valence-electron chi connectivity index (χ2n) is 8.08. The number of anilines is 1.